The highest BCUT2D eigenvalue weighted by Crippen LogP contribution is 2.37. The van der Waals surface area contributed by atoms with Gasteiger partial charge >= 0.3 is 6.36 Å². The molecule has 0 radical (unpaired) electrons. The van der Waals surface area contributed by atoms with E-state index in [4.69, 9.17) is 16.2 Å². The molecule has 0 unspecified atom stereocenters. The van der Waals surface area contributed by atoms with E-state index < -0.39 is 12.1 Å². The van der Waals surface area contributed by atoms with Crippen LogP contribution in [0.25, 0.3) is 17.3 Å². The molecule has 0 aliphatic heterocycles. The van der Waals surface area contributed by atoms with Crippen LogP contribution in [0.5, 0.6) is 11.5 Å². The number of nitrogen functional groups attached to an aromatic ring is 1. The molecule has 10 heteroatoms. The Labute approximate surface area is 135 Å². The monoisotopic (exact) mass is 341 g/mol. The Morgan fingerprint density at radius 3 is 2.54 bits per heavy atom. The summed E-state index contributed by atoms with van der Waals surface area (Å²) in [6.45, 7) is 1.59. The molecule has 0 saturated carbocycles. The maximum absolute atomic E-state index is 12.7. The Hall–Kier alpha value is -3.04. The van der Waals surface area contributed by atoms with Crippen molar-refractivity contribution in [3.8, 4) is 22.8 Å². The van der Waals surface area contributed by atoms with Gasteiger partial charge in [0.25, 0.3) is 0 Å². The van der Waals surface area contributed by atoms with E-state index in [0.717, 1.165) is 6.07 Å². The summed E-state index contributed by atoms with van der Waals surface area (Å²) >= 11 is 0. The number of alkyl halides is 3. The average molecular weight is 341 g/mol. The van der Waals surface area contributed by atoms with Crippen molar-refractivity contribution < 1.29 is 22.6 Å². The Balaban J connectivity index is 2.66. The van der Waals surface area contributed by atoms with Crippen LogP contribution in [0.4, 0.5) is 19.1 Å². The summed E-state index contributed by atoms with van der Waals surface area (Å²) in [4.78, 5) is 3.95. The van der Waals surface area contributed by atoms with E-state index in [1.54, 1.807) is 6.92 Å². The van der Waals surface area contributed by atoms with Crippen molar-refractivity contribution in [2.24, 2.45) is 5.73 Å². The van der Waals surface area contributed by atoms with Crippen molar-refractivity contribution in [1.29, 1.82) is 0 Å². The number of hydrogen-bond acceptors (Lipinski definition) is 7. The second-order valence-electron chi connectivity index (χ2n) is 4.70. The van der Waals surface area contributed by atoms with Crippen LogP contribution in [-0.2, 0) is 0 Å². The van der Waals surface area contributed by atoms with Gasteiger partial charge in [0.1, 0.15) is 17.2 Å². The SMILES string of the molecule is COc1ccc(-c2nnc(N)nc2/C=C(/C)N)c(OC(F)(F)F)c1. The van der Waals surface area contributed by atoms with Gasteiger partial charge < -0.3 is 20.9 Å². The molecular formula is C14H14F3N5O2. The third-order valence-corrected chi connectivity index (χ3v) is 2.76. The molecule has 24 heavy (non-hydrogen) atoms. The summed E-state index contributed by atoms with van der Waals surface area (Å²) in [5.74, 6) is -0.466. The molecule has 0 bridgehead atoms. The number of anilines is 1. The predicted octanol–water partition coefficient (Wildman–Crippen LogP) is 2.35. The molecule has 1 aromatic heterocycles. The summed E-state index contributed by atoms with van der Waals surface area (Å²) in [7, 11) is 1.32. The lowest BCUT2D eigenvalue weighted by molar-refractivity contribution is -0.274. The molecule has 128 valence electrons. The highest BCUT2D eigenvalue weighted by molar-refractivity contribution is 5.75. The molecule has 4 N–H and O–H groups in total. The van der Waals surface area contributed by atoms with Gasteiger partial charge in [-0.2, -0.15) is 0 Å². The molecule has 0 spiro atoms. The van der Waals surface area contributed by atoms with Gasteiger partial charge in [0.15, 0.2) is 0 Å². The number of allylic oxidation sites excluding steroid dienone is 1. The molecule has 0 aliphatic carbocycles. The van der Waals surface area contributed by atoms with Crippen LogP contribution in [-0.4, -0.2) is 28.7 Å². The molecule has 7 nitrogen and oxygen atoms in total. The maximum atomic E-state index is 12.7. The second-order valence-corrected chi connectivity index (χ2v) is 4.70. The first-order valence-electron chi connectivity index (χ1n) is 6.57. The summed E-state index contributed by atoms with van der Waals surface area (Å²) in [6, 6.07) is 3.90. The molecule has 0 fully saturated rings. The van der Waals surface area contributed by atoms with E-state index in [1.807, 2.05) is 0 Å². The van der Waals surface area contributed by atoms with Crippen molar-refractivity contribution in [2.75, 3.05) is 12.8 Å². The first-order chi connectivity index (χ1) is 11.2. The highest BCUT2D eigenvalue weighted by Gasteiger charge is 2.33. The van der Waals surface area contributed by atoms with Crippen molar-refractivity contribution >= 4 is 12.0 Å². The predicted molar refractivity (Wildman–Crippen MR) is 80.7 cm³/mol. The van der Waals surface area contributed by atoms with Gasteiger partial charge in [-0.1, -0.05) is 0 Å². The normalized spacial score (nSPS) is 12.1. The number of methoxy groups -OCH3 is 1. The molecule has 2 aromatic rings. The van der Waals surface area contributed by atoms with Crippen molar-refractivity contribution in [3.63, 3.8) is 0 Å². The average Bonchev–Trinajstić information content (AvgIpc) is 2.45. The maximum Gasteiger partial charge on any atom is 0.573 e. The van der Waals surface area contributed by atoms with Crippen LogP contribution in [0, 0.1) is 0 Å². The quantitative estimate of drug-likeness (QED) is 0.878. The zero-order valence-electron chi connectivity index (χ0n) is 12.8. The van der Waals surface area contributed by atoms with E-state index >= 15 is 0 Å². The van der Waals surface area contributed by atoms with Crippen LogP contribution in [0.15, 0.2) is 23.9 Å². The molecule has 0 aliphatic rings. The van der Waals surface area contributed by atoms with Crippen molar-refractivity contribution in [2.45, 2.75) is 13.3 Å². The lowest BCUT2D eigenvalue weighted by atomic mass is 10.1. The first-order valence-corrected chi connectivity index (χ1v) is 6.57. The van der Waals surface area contributed by atoms with Crippen LogP contribution in [0.1, 0.15) is 12.6 Å². The number of benzene rings is 1. The number of rotatable bonds is 4. The van der Waals surface area contributed by atoms with Crippen molar-refractivity contribution in [1.82, 2.24) is 15.2 Å². The minimum absolute atomic E-state index is 0.0145. The Morgan fingerprint density at radius 1 is 1.25 bits per heavy atom. The fraction of sp³-hybridized carbons (Fsp3) is 0.214. The van der Waals surface area contributed by atoms with Gasteiger partial charge in [-0.25, -0.2) is 4.98 Å². The van der Waals surface area contributed by atoms with E-state index in [2.05, 4.69) is 19.9 Å². The number of halogens is 3. The summed E-state index contributed by atoms with van der Waals surface area (Å²) in [5, 5.41) is 7.40. The third-order valence-electron chi connectivity index (χ3n) is 2.76. The van der Waals surface area contributed by atoms with Crippen LogP contribution < -0.4 is 20.9 Å². The van der Waals surface area contributed by atoms with Gasteiger partial charge in [0, 0.05) is 17.3 Å². The van der Waals surface area contributed by atoms with Gasteiger partial charge in [-0.15, -0.1) is 23.4 Å². The molecule has 0 amide bonds. The lowest BCUT2D eigenvalue weighted by Gasteiger charge is -2.15. The van der Waals surface area contributed by atoms with Gasteiger partial charge in [0.2, 0.25) is 5.95 Å². The Kier molecular flexibility index (Phi) is 4.77. The lowest BCUT2D eigenvalue weighted by Crippen LogP contribution is -2.18. The standard InChI is InChI=1S/C14H14F3N5O2/c1-7(18)5-10-12(21-22-13(19)20-10)9-4-3-8(23-2)6-11(9)24-14(15,16)17/h3-6H,18H2,1-2H3,(H2,19,20,22)/b7-5-. The van der Waals surface area contributed by atoms with Crippen LogP contribution in [0.3, 0.4) is 0 Å². The van der Waals surface area contributed by atoms with Crippen molar-refractivity contribution in [3.05, 3.63) is 29.6 Å². The molecule has 0 saturated heterocycles. The second kappa shape index (κ2) is 6.60. The summed E-state index contributed by atoms with van der Waals surface area (Å²) in [5.41, 5.74) is 11.7. The Morgan fingerprint density at radius 2 is 1.96 bits per heavy atom. The van der Waals surface area contributed by atoms with Gasteiger partial charge in [-0.05, 0) is 25.1 Å². The van der Waals surface area contributed by atoms with Crippen LogP contribution in [0.2, 0.25) is 0 Å². The first kappa shape index (κ1) is 17.3. The fourth-order valence-electron chi connectivity index (χ4n) is 1.89. The molecule has 0 atom stereocenters. The van der Waals surface area contributed by atoms with Crippen LogP contribution >= 0.6 is 0 Å². The summed E-state index contributed by atoms with van der Waals surface area (Å²) < 4.78 is 47.0. The van der Waals surface area contributed by atoms with E-state index in [1.165, 1.54) is 25.3 Å². The summed E-state index contributed by atoms with van der Waals surface area (Å²) in [6.07, 6.45) is -3.47. The fourth-order valence-corrected chi connectivity index (χ4v) is 1.89. The minimum Gasteiger partial charge on any atom is -0.497 e. The molecule has 2 rings (SSSR count). The molecular weight excluding hydrogens is 327 g/mol. The number of hydrogen-bond donors (Lipinski definition) is 2. The largest absolute Gasteiger partial charge is 0.573 e. The van der Waals surface area contributed by atoms with E-state index in [0.29, 0.717) is 5.70 Å². The highest BCUT2D eigenvalue weighted by atomic mass is 19.4. The van der Waals surface area contributed by atoms with E-state index in [-0.39, 0.29) is 28.6 Å². The van der Waals surface area contributed by atoms with E-state index in [9.17, 15) is 13.2 Å². The minimum atomic E-state index is -4.89. The molecule has 1 heterocycles. The number of nitrogens with zero attached hydrogens (tertiary/aromatic N) is 3. The third kappa shape index (κ3) is 4.24. The Bertz CT molecular complexity index is 773. The topological polar surface area (TPSA) is 109 Å². The zero-order chi connectivity index (χ0) is 17.9. The van der Waals surface area contributed by atoms with Gasteiger partial charge in [0.05, 0.1) is 12.8 Å². The number of aromatic nitrogens is 3. The number of ether oxygens (including phenoxy) is 2. The van der Waals surface area contributed by atoms with Gasteiger partial charge in [-0.3, -0.25) is 0 Å². The molecule has 1 aromatic carbocycles. The smallest absolute Gasteiger partial charge is 0.497 e. The zero-order valence-corrected chi connectivity index (χ0v) is 12.8. The number of nitrogens with two attached hydrogens (primary N) is 2.